The summed E-state index contributed by atoms with van der Waals surface area (Å²) in [5.74, 6) is 1.75. The average molecular weight is 199 g/mol. The molecule has 0 aromatic carbocycles. The van der Waals surface area contributed by atoms with E-state index in [9.17, 15) is 0 Å². The highest BCUT2D eigenvalue weighted by atomic mass is 14.9. The standard InChI is InChI=1S/C13H29N/c1-6-7-13(9-8-11(2)3)10-14-12(4)5/h11-14H,6-10H2,1-5H3. The molecule has 1 nitrogen and oxygen atoms in total. The summed E-state index contributed by atoms with van der Waals surface area (Å²) in [5, 5.41) is 3.55. The molecule has 0 aliphatic rings. The van der Waals surface area contributed by atoms with E-state index in [2.05, 4.69) is 39.9 Å². The molecule has 0 radical (unpaired) electrons. The van der Waals surface area contributed by atoms with E-state index in [4.69, 9.17) is 0 Å². The van der Waals surface area contributed by atoms with Gasteiger partial charge in [-0.05, 0) is 31.2 Å². The molecule has 0 bridgehead atoms. The molecule has 0 saturated carbocycles. The van der Waals surface area contributed by atoms with Crippen LogP contribution in [0.4, 0.5) is 0 Å². The van der Waals surface area contributed by atoms with E-state index in [1.54, 1.807) is 0 Å². The predicted molar refractivity (Wildman–Crippen MR) is 65.6 cm³/mol. The van der Waals surface area contributed by atoms with Crippen molar-refractivity contribution in [1.82, 2.24) is 5.32 Å². The number of hydrogen-bond acceptors (Lipinski definition) is 1. The van der Waals surface area contributed by atoms with Crippen molar-refractivity contribution in [3.8, 4) is 0 Å². The van der Waals surface area contributed by atoms with E-state index < -0.39 is 0 Å². The number of nitrogens with one attached hydrogen (secondary N) is 1. The van der Waals surface area contributed by atoms with E-state index in [1.165, 1.54) is 32.2 Å². The molecule has 0 aliphatic heterocycles. The van der Waals surface area contributed by atoms with Crippen LogP contribution in [0.5, 0.6) is 0 Å². The molecule has 0 spiro atoms. The van der Waals surface area contributed by atoms with Gasteiger partial charge in [-0.3, -0.25) is 0 Å². The summed E-state index contributed by atoms with van der Waals surface area (Å²) >= 11 is 0. The Morgan fingerprint density at radius 2 is 1.57 bits per heavy atom. The van der Waals surface area contributed by atoms with Crippen molar-refractivity contribution in [1.29, 1.82) is 0 Å². The lowest BCUT2D eigenvalue weighted by atomic mass is 9.94. The smallest absolute Gasteiger partial charge is 0.00104 e. The molecule has 1 heteroatoms. The zero-order valence-electron chi connectivity index (χ0n) is 10.8. The highest BCUT2D eigenvalue weighted by Crippen LogP contribution is 2.16. The van der Waals surface area contributed by atoms with E-state index in [0.717, 1.165) is 11.8 Å². The third kappa shape index (κ3) is 8.55. The summed E-state index contributed by atoms with van der Waals surface area (Å²) in [6.07, 6.45) is 5.48. The van der Waals surface area contributed by atoms with E-state index >= 15 is 0 Å². The van der Waals surface area contributed by atoms with Crippen molar-refractivity contribution in [2.45, 2.75) is 66.3 Å². The largest absolute Gasteiger partial charge is 0.314 e. The Hall–Kier alpha value is -0.0400. The van der Waals surface area contributed by atoms with Crippen LogP contribution >= 0.6 is 0 Å². The molecular weight excluding hydrogens is 170 g/mol. The summed E-state index contributed by atoms with van der Waals surface area (Å²) in [6.45, 7) is 12.6. The van der Waals surface area contributed by atoms with Crippen LogP contribution in [0, 0.1) is 11.8 Å². The summed E-state index contributed by atoms with van der Waals surface area (Å²) in [6, 6.07) is 0.633. The van der Waals surface area contributed by atoms with Crippen LogP contribution in [-0.2, 0) is 0 Å². The minimum Gasteiger partial charge on any atom is -0.314 e. The van der Waals surface area contributed by atoms with Gasteiger partial charge in [0, 0.05) is 6.04 Å². The second kappa shape index (κ2) is 8.28. The Bertz CT molecular complexity index is 106. The highest BCUT2D eigenvalue weighted by Gasteiger charge is 2.08. The molecule has 0 saturated heterocycles. The minimum atomic E-state index is 0.633. The fourth-order valence-electron chi connectivity index (χ4n) is 1.73. The van der Waals surface area contributed by atoms with Crippen LogP contribution in [-0.4, -0.2) is 12.6 Å². The van der Waals surface area contributed by atoms with Gasteiger partial charge in [-0.2, -0.15) is 0 Å². The lowest BCUT2D eigenvalue weighted by molar-refractivity contribution is 0.366. The number of rotatable bonds is 8. The van der Waals surface area contributed by atoms with Crippen LogP contribution in [0.25, 0.3) is 0 Å². The van der Waals surface area contributed by atoms with Crippen LogP contribution < -0.4 is 5.32 Å². The molecule has 0 aliphatic carbocycles. The van der Waals surface area contributed by atoms with Gasteiger partial charge < -0.3 is 5.32 Å². The third-order valence-electron chi connectivity index (χ3n) is 2.66. The predicted octanol–water partition coefficient (Wildman–Crippen LogP) is 3.84. The van der Waals surface area contributed by atoms with Gasteiger partial charge in [0.05, 0.1) is 0 Å². The SMILES string of the molecule is CCCC(CCC(C)C)CNC(C)C. The molecular formula is C13H29N. The molecule has 0 fully saturated rings. The number of hydrogen-bond donors (Lipinski definition) is 1. The van der Waals surface area contributed by atoms with E-state index in [0.29, 0.717) is 6.04 Å². The lowest BCUT2D eigenvalue weighted by Crippen LogP contribution is -2.29. The second-order valence-electron chi connectivity index (χ2n) is 5.19. The Morgan fingerprint density at radius 1 is 0.929 bits per heavy atom. The zero-order valence-corrected chi connectivity index (χ0v) is 10.8. The maximum absolute atomic E-state index is 3.55. The molecule has 0 aromatic rings. The van der Waals surface area contributed by atoms with Crippen molar-refractivity contribution >= 4 is 0 Å². The Kier molecular flexibility index (Phi) is 8.26. The summed E-state index contributed by atoms with van der Waals surface area (Å²) < 4.78 is 0. The van der Waals surface area contributed by atoms with Crippen LogP contribution in [0.3, 0.4) is 0 Å². The van der Waals surface area contributed by atoms with Crippen molar-refractivity contribution < 1.29 is 0 Å². The first-order chi connectivity index (χ1) is 6.56. The van der Waals surface area contributed by atoms with Crippen LogP contribution in [0.2, 0.25) is 0 Å². The molecule has 1 atom stereocenters. The molecule has 0 aromatic heterocycles. The topological polar surface area (TPSA) is 12.0 Å². The normalized spacial score (nSPS) is 13.9. The molecule has 14 heavy (non-hydrogen) atoms. The third-order valence-corrected chi connectivity index (χ3v) is 2.66. The fourth-order valence-corrected chi connectivity index (χ4v) is 1.73. The van der Waals surface area contributed by atoms with Crippen molar-refractivity contribution in [2.24, 2.45) is 11.8 Å². The van der Waals surface area contributed by atoms with E-state index in [-0.39, 0.29) is 0 Å². The Morgan fingerprint density at radius 3 is 2.00 bits per heavy atom. The highest BCUT2D eigenvalue weighted by molar-refractivity contribution is 4.65. The molecule has 1 N–H and O–H groups in total. The lowest BCUT2D eigenvalue weighted by Gasteiger charge is -2.19. The van der Waals surface area contributed by atoms with Crippen LogP contribution in [0.15, 0.2) is 0 Å². The zero-order chi connectivity index (χ0) is 11.0. The van der Waals surface area contributed by atoms with Gasteiger partial charge in [0.2, 0.25) is 0 Å². The van der Waals surface area contributed by atoms with Gasteiger partial charge in [-0.15, -0.1) is 0 Å². The summed E-state index contributed by atoms with van der Waals surface area (Å²) in [5.41, 5.74) is 0. The average Bonchev–Trinajstić information content (AvgIpc) is 2.09. The molecule has 1 unspecified atom stereocenters. The van der Waals surface area contributed by atoms with Gasteiger partial charge in [-0.25, -0.2) is 0 Å². The Balaban J connectivity index is 3.65. The first-order valence-corrected chi connectivity index (χ1v) is 6.29. The minimum absolute atomic E-state index is 0.633. The molecule has 0 amide bonds. The van der Waals surface area contributed by atoms with Gasteiger partial charge in [0.25, 0.3) is 0 Å². The maximum atomic E-state index is 3.55. The maximum Gasteiger partial charge on any atom is 0.00104 e. The Labute approximate surface area is 90.7 Å². The quantitative estimate of drug-likeness (QED) is 0.626. The van der Waals surface area contributed by atoms with E-state index in [1.807, 2.05) is 0 Å². The van der Waals surface area contributed by atoms with Gasteiger partial charge in [-0.1, -0.05) is 47.5 Å². The van der Waals surface area contributed by atoms with Crippen LogP contribution in [0.1, 0.15) is 60.3 Å². The molecule has 0 rings (SSSR count). The van der Waals surface area contributed by atoms with Crippen molar-refractivity contribution in [3.63, 3.8) is 0 Å². The molecule has 86 valence electrons. The molecule has 0 heterocycles. The first-order valence-electron chi connectivity index (χ1n) is 6.29. The van der Waals surface area contributed by atoms with Gasteiger partial charge in [0.15, 0.2) is 0 Å². The monoisotopic (exact) mass is 199 g/mol. The van der Waals surface area contributed by atoms with Crippen molar-refractivity contribution in [2.75, 3.05) is 6.54 Å². The fraction of sp³-hybridized carbons (Fsp3) is 1.00. The van der Waals surface area contributed by atoms with Crippen molar-refractivity contribution in [3.05, 3.63) is 0 Å². The van der Waals surface area contributed by atoms with Gasteiger partial charge >= 0.3 is 0 Å². The summed E-state index contributed by atoms with van der Waals surface area (Å²) in [4.78, 5) is 0. The second-order valence-corrected chi connectivity index (χ2v) is 5.19. The van der Waals surface area contributed by atoms with Gasteiger partial charge in [0.1, 0.15) is 0 Å². The first kappa shape index (κ1) is 14.0. The summed E-state index contributed by atoms with van der Waals surface area (Å²) in [7, 11) is 0.